The summed E-state index contributed by atoms with van der Waals surface area (Å²) in [6, 6.07) is 14.9. The van der Waals surface area contributed by atoms with E-state index in [2.05, 4.69) is 11.1 Å². The maximum Gasteiger partial charge on any atom is 0.240 e. The van der Waals surface area contributed by atoms with Crippen molar-refractivity contribution in [3.63, 3.8) is 0 Å². The predicted octanol–water partition coefficient (Wildman–Crippen LogP) is 4.16. The molecule has 23 heavy (non-hydrogen) atoms. The predicted molar refractivity (Wildman–Crippen MR) is 93.6 cm³/mol. The number of anilines is 1. The van der Waals surface area contributed by atoms with E-state index < -0.39 is 0 Å². The molecule has 0 spiro atoms. The summed E-state index contributed by atoms with van der Waals surface area (Å²) in [5, 5.41) is 9.63. The molecule has 0 N–H and O–H groups in total. The molecular formula is C17H16ClN3OS. The van der Waals surface area contributed by atoms with Gasteiger partial charge in [-0.25, -0.2) is 4.98 Å². The molecule has 1 aromatic carbocycles. The zero-order chi connectivity index (χ0) is 16.7. The minimum atomic E-state index is -0.360. The number of carbonyl (C=O) groups excluding carboxylic acids is 1. The second-order valence-electron chi connectivity index (χ2n) is 4.78. The highest BCUT2D eigenvalue weighted by Gasteiger charge is 2.23. The van der Waals surface area contributed by atoms with Crippen LogP contribution >= 0.6 is 23.4 Å². The molecule has 0 radical (unpaired) electrons. The maximum absolute atomic E-state index is 12.8. The van der Waals surface area contributed by atoms with E-state index in [0.29, 0.717) is 16.6 Å². The van der Waals surface area contributed by atoms with Crippen LogP contribution in [0.3, 0.4) is 0 Å². The number of halogens is 1. The lowest BCUT2D eigenvalue weighted by atomic mass is 10.2. The molecule has 0 aliphatic heterocycles. The molecule has 1 unspecified atom stereocenters. The van der Waals surface area contributed by atoms with Crippen LogP contribution in [0.4, 0.5) is 5.69 Å². The van der Waals surface area contributed by atoms with E-state index in [4.69, 9.17) is 16.9 Å². The lowest BCUT2D eigenvalue weighted by molar-refractivity contribution is -0.117. The number of nitriles is 1. The van der Waals surface area contributed by atoms with Crippen LogP contribution in [0.5, 0.6) is 0 Å². The second kappa shape index (κ2) is 8.56. The summed E-state index contributed by atoms with van der Waals surface area (Å²) in [6.45, 7) is 2.18. The zero-order valence-corrected chi connectivity index (χ0v) is 14.2. The van der Waals surface area contributed by atoms with Crippen molar-refractivity contribution in [2.75, 3.05) is 11.4 Å². The quantitative estimate of drug-likeness (QED) is 0.737. The number of hydrogen-bond donors (Lipinski definition) is 0. The fourth-order valence-corrected chi connectivity index (χ4v) is 3.15. The van der Waals surface area contributed by atoms with Gasteiger partial charge in [-0.3, -0.25) is 4.79 Å². The molecule has 0 bridgehead atoms. The summed E-state index contributed by atoms with van der Waals surface area (Å²) in [7, 11) is 0. The van der Waals surface area contributed by atoms with Gasteiger partial charge in [0.05, 0.1) is 22.8 Å². The lowest BCUT2D eigenvalue weighted by Gasteiger charge is -2.25. The summed E-state index contributed by atoms with van der Waals surface area (Å²) in [5.74, 6) is -0.0711. The number of hydrogen-bond acceptors (Lipinski definition) is 4. The Morgan fingerprint density at radius 1 is 1.35 bits per heavy atom. The topological polar surface area (TPSA) is 57.0 Å². The van der Waals surface area contributed by atoms with Crippen molar-refractivity contribution in [2.24, 2.45) is 0 Å². The third-order valence-electron chi connectivity index (χ3n) is 3.14. The molecule has 118 valence electrons. The number of benzene rings is 1. The molecule has 6 heteroatoms. The van der Waals surface area contributed by atoms with E-state index in [9.17, 15) is 4.79 Å². The van der Waals surface area contributed by atoms with Crippen LogP contribution in [0.25, 0.3) is 0 Å². The van der Waals surface area contributed by atoms with Gasteiger partial charge in [-0.2, -0.15) is 5.26 Å². The molecule has 1 atom stereocenters. The average molecular weight is 346 g/mol. The molecule has 2 rings (SSSR count). The highest BCUT2D eigenvalue weighted by molar-refractivity contribution is 8.00. The van der Waals surface area contributed by atoms with E-state index in [1.165, 1.54) is 11.8 Å². The van der Waals surface area contributed by atoms with E-state index >= 15 is 0 Å². The molecule has 0 fully saturated rings. The summed E-state index contributed by atoms with van der Waals surface area (Å²) >= 11 is 7.42. The van der Waals surface area contributed by atoms with Gasteiger partial charge >= 0.3 is 0 Å². The van der Waals surface area contributed by atoms with Gasteiger partial charge in [0.2, 0.25) is 5.91 Å². The molecule has 4 nitrogen and oxygen atoms in total. The molecule has 0 aliphatic rings. The summed E-state index contributed by atoms with van der Waals surface area (Å²) in [5.41, 5.74) is 0.785. The Balaban J connectivity index is 2.16. The Labute approximate surface area is 145 Å². The number of thioether (sulfide) groups is 1. The third-order valence-corrected chi connectivity index (χ3v) is 4.66. The lowest BCUT2D eigenvalue weighted by Crippen LogP contribution is -2.37. The van der Waals surface area contributed by atoms with Crippen molar-refractivity contribution in [3.05, 3.63) is 53.7 Å². The molecule has 0 saturated carbocycles. The van der Waals surface area contributed by atoms with E-state index in [-0.39, 0.29) is 17.6 Å². The summed E-state index contributed by atoms with van der Waals surface area (Å²) < 4.78 is 0. The van der Waals surface area contributed by atoms with Crippen molar-refractivity contribution in [1.29, 1.82) is 5.26 Å². The van der Waals surface area contributed by atoms with Crippen LogP contribution in [0.15, 0.2) is 53.7 Å². The number of para-hydroxylation sites is 1. The Kier molecular flexibility index (Phi) is 6.45. The number of amides is 1. The Hall–Kier alpha value is -2.03. The fraction of sp³-hybridized carbons (Fsp3) is 0.235. The number of pyridine rings is 1. The van der Waals surface area contributed by atoms with Crippen LogP contribution in [0.2, 0.25) is 5.02 Å². The standard InChI is InChI=1S/C17H16ClN3OS/c1-13(23-16-15(18)9-5-11-20-16)17(22)21(12-6-10-19)14-7-3-2-4-8-14/h2-5,7-9,11,13H,6,12H2,1H3. The first-order chi connectivity index (χ1) is 11.1. The number of aromatic nitrogens is 1. The van der Waals surface area contributed by atoms with Crippen molar-refractivity contribution in [1.82, 2.24) is 4.98 Å². The number of rotatable bonds is 6. The van der Waals surface area contributed by atoms with E-state index in [1.807, 2.05) is 37.3 Å². The van der Waals surface area contributed by atoms with Gasteiger partial charge in [0.25, 0.3) is 0 Å². The molecule has 2 aromatic rings. The van der Waals surface area contributed by atoms with Gasteiger partial charge in [0.15, 0.2) is 0 Å². The highest BCUT2D eigenvalue weighted by atomic mass is 35.5. The zero-order valence-electron chi connectivity index (χ0n) is 12.6. The molecule has 0 aliphatic carbocycles. The fourth-order valence-electron chi connectivity index (χ4n) is 2.03. The second-order valence-corrected chi connectivity index (χ2v) is 6.52. The van der Waals surface area contributed by atoms with Gasteiger partial charge in [0.1, 0.15) is 5.03 Å². The Morgan fingerprint density at radius 3 is 2.74 bits per heavy atom. The third kappa shape index (κ3) is 4.72. The SMILES string of the molecule is CC(Sc1ncccc1Cl)C(=O)N(CCC#N)c1ccccc1. The molecule has 1 amide bonds. The van der Waals surface area contributed by atoms with E-state index in [0.717, 1.165) is 5.69 Å². The molecular weight excluding hydrogens is 330 g/mol. The van der Waals surface area contributed by atoms with Crippen LogP contribution < -0.4 is 4.90 Å². The van der Waals surface area contributed by atoms with Gasteiger partial charge in [-0.05, 0) is 31.2 Å². The Morgan fingerprint density at radius 2 is 2.09 bits per heavy atom. The number of carbonyl (C=O) groups is 1. The first-order valence-electron chi connectivity index (χ1n) is 7.14. The van der Waals surface area contributed by atoms with Crippen molar-refractivity contribution in [2.45, 2.75) is 23.6 Å². The van der Waals surface area contributed by atoms with Gasteiger partial charge in [0, 0.05) is 18.4 Å². The van der Waals surface area contributed by atoms with Crippen molar-refractivity contribution in [3.8, 4) is 6.07 Å². The highest BCUT2D eigenvalue weighted by Crippen LogP contribution is 2.29. The summed E-state index contributed by atoms with van der Waals surface area (Å²) in [6.07, 6.45) is 1.93. The average Bonchev–Trinajstić information content (AvgIpc) is 2.58. The summed E-state index contributed by atoms with van der Waals surface area (Å²) in [4.78, 5) is 18.6. The molecule has 1 heterocycles. The van der Waals surface area contributed by atoms with Crippen LogP contribution in [0.1, 0.15) is 13.3 Å². The number of nitrogens with zero attached hydrogens (tertiary/aromatic N) is 3. The van der Waals surface area contributed by atoms with Crippen LogP contribution in [-0.2, 0) is 4.79 Å². The maximum atomic E-state index is 12.8. The molecule has 0 saturated heterocycles. The van der Waals surface area contributed by atoms with Gasteiger partial charge in [-0.1, -0.05) is 41.6 Å². The van der Waals surface area contributed by atoms with Gasteiger partial charge in [-0.15, -0.1) is 0 Å². The first kappa shape index (κ1) is 17.3. The Bertz CT molecular complexity index is 702. The largest absolute Gasteiger partial charge is 0.310 e. The first-order valence-corrected chi connectivity index (χ1v) is 8.40. The van der Waals surface area contributed by atoms with Crippen molar-refractivity contribution < 1.29 is 4.79 Å². The monoisotopic (exact) mass is 345 g/mol. The van der Waals surface area contributed by atoms with E-state index in [1.54, 1.807) is 23.2 Å². The van der Waals surface area contributed by atoms with Gasteiger partial charge < -0.3 is 4.90 Å². The van der Waals surface area contributed by atoms with Crippen molar-refractivity contribution >= 4 is 35.0 Å². The minimum Gasteiger partial charge on any atom is -0.310 e. The molecule has 1 aromatic heterocycles. The smallest absolute Gasteiger partial charge is 0.240 e. The van der Waals surface area contributed by atoms with Crippen LogP contribution in [-0.4, -0.2) is 22.7 Å². The minimum absolute atomic E-state index is 0.0711. The van der Waals surface area contributed by atoms with Crippen LogP contribution in [0, 0.1) is 11.3 Å². The normalized spacial score (nSPS) is 11.5.